The Bertz CT molecular complexity index is 851. The molecule has 2 heterocycles. The highest BCUT2D eigenvalue weighted by atomic mass is 32.2. The van der Waals surface area contributed by atoms with Crippen LogP contribution < -0.4 is 5.32 Å². The van der Waals surface area contributed by atoms with E-state index in [1.54, 1.807) is 19.0 Å². The van der Waals surface area contributed by atoms with Crippen molar-refractivity contribution in [3.8, 4) is 0 Å². The number of benzene rings is 2. The lowest BCUT2D eigenvalue weighted by molar-refractivity contribution is -0.138. The Morgan fingerprint density at radius 2 is 1.88 bits per heavy atom. The molecular formula is C20H23N3O2S. The predicted molar refractivity (Wildman–Crippen MR) is 105 cm³/mol. The minimum Gasteiger partial charge on any atom is -0.311 e. The number of fused-ring (bicyclic) bond motifs is 2. The highest BCUT2D eigenvalue weighted by molar-refractivity contribution is 7.99. The fourth-order valence-corrected chi connectivity index (χ4v) is 5.43. The first-order chi connectivity index (χ1) is 12.6. The lowest BCUT2D eigenvalue weighted by Crippen LogP contribution is -2.68. The molecule has 1 N–H and O–H groups in total. The molecule has 2 fully saturated rings. The topological polar surface area (TPSA) is 52.7 Å². The molecule has 0 saturated carbocycles. The molecule has 2 aromatic rings. The van der Waals surface area contributed by atoms with Crippen LogP contribution in [0.25, 0.3) is 10.8 Å². The van der Waals surface area contributed by atoms with Gasteiger partial charge in [0.2, 0.25) is 5.91 Å². The zero-order valence-corrected chi connectivity index (χ0v) is 15.8. The van der Waals surface area contributed by atoms with Crippen molar-refractivity contribution in [3.63, 3.8) is 0 Å². The van der Waals surface area contributed by atoms with Gasteiger partial charge < -0.3 is 4.90 Å². The summed E-state index contributed by atoms with van der Waals surface area (Å²) in [6.07, 6.45) is 0.725. The summed E-state index contributed by atoms with van der Waals surface area (Å²) >= 11 is 1.83. The van der Waals surface area contributed by atoms with E-state index in [9.17, 15) is 9.59 Å². The summed E-state index contributed by atoms with van der Waals surface area (Å²) in [6.45, 7) is 0.822. The Balaban J connectivity index is 1.56. The molecule has 3 amide bonds. The molecule has 0 aliphatic carbocycles. The zero-order valence-electron chi connectivity index (χ0n) is 15.0. The summed E-state index contributed by atoms with van der Waals surface area (Å²) in [5.74, 6) is 0.598. The van der Waals surface area contributed by atoms with Crippen molar-refractivity contribution in [2.24, 2.45) is 5.92 Å². The van der Waals surface area contributed by atoms with Crippen LogP contribution in [0.4, 0.5) is 4.79 Å². The second-order valence-corrected chi connectivity index (χ2v) is 8.22. The van der Waals surface area contributed by atoms with Crippen LogP contribution in [-0.4, -0.2) is 53.8 Å². The van der Waals surface area contributed by atoms with E-state index in [2.05, 4.69) is 47.8 Å². The van der Waals surface area contributed by atoms with Gasteiger partial charge in [-0.3, -0.25) is 15.0 Å². The van der Waals surface area contributed by atoms with Gasteiger partial charge in [-0.1, -0.05) is 42.5 Å². The molecule has 0 aromatic heterocycles. The van der Waals surface area contributed by atoms with Gasteiger partial charge in [-0.25, -0.2) is 4.79 Å². The first kappa shape index (κ1) is 17.4. The van der Waals surface area contributed by atoms with Crippen LogP contribution in [0.3, 0.4) is 0 Å². The van der Waals surface area contributed by atoms with Gasteiger partial charge in [0.25, 0.3) is 0 Å². The fraction of sp³-hybridized carbons (Fsp3) is 0.400. The first-order valence-corrected chi connectivity index (χ1v) is 9.99. The number of nitrogens with one attached hydrogen (secondary N) is 1. The van der Waals surface area contributed by atoms with E-state index in [1.165, 1.54) is 21.2 Å². The molecule has 5 nitrogen and oxygen atoms in total. The number of rotatable bonds is 3. The Hall–Kier alpha value is -2.05. The van der Waals surface area contributed by atoms with Crippen molar-refractivity contribution < 1.29 is 9.59 Å². The Kier molecular flexibility index (Phi) is 4.63. The highest BCUT2D eigenvalue weighted by Crippen LogP contribution is 2.36. The number of piperidine rings is 1. The normalized spacial score (nSPS) is 26.3. The van der Waals surface area contributed by atoms with E-state index in [0.717, 1.165) is 18.7 Å². The number of thioether (sulfide) groups is 1. The summed E-state index contributed by atoms with van der Waals surface area (Å²) in [4.78, 5) is 27.9. The highest BCUT2D eigenvalue weighted by Gasteiger charge is 2.48. The molecule has 0 radical (unpaired) electrons. The molecule has 0 bridgehead atoms. The molecule has 0 spiro atoms. The lowest BCUT2D eigenvalue weighted by Gasteiger charge is -2.47. The number of imide groups is 1. The zero-order chi connectivity index (χ0) is 18.3. The van der Waals surface area contributed by atoms with E-state index in [-0.39, 0.29) is 29.3 Å². The standard InChI is InChI=1S/C20H23N3O2S/c1-22-18-17(19(24)23(2)20(22)25)16(10-11-21-18)26-12-14-8-5-7-13-6-3-4-9-15(13)14/h3-9,16-18,21H,10-12H2,1-2H3. The molecule has 26 heavy (non-hydrogen) atoms. The number of carbonyl (C=O) groups is 2. The number of amides is 3. The minimum atomic E-state index is -0.233. The smallest absolute Gasteiger partial charge is 0.311 e. The molecular weight excluding hydrogens is 346 g/mol. The average Bonchev–Trinajstić information content (AvgIpc) is 2.68. The van der Waals surface area contributed by atoms with Crippen LogP contribution in [0.5, 0.6) is 0 Å². The van der Waals surface area contributed by atoms with Crippen LogP contribution >= 0.6 is 11.8 Å². The Morgan fingerprint density at radius 1 is 1.12 bits per heavy atom. The van der Waals surface area contributed by atoms with Crippen molar-refractivity contribution in [1.82, 2.24) is 15.1 Å². The van der Waals surface area contributed by atoms with Gasteiger partial charge >= 0.3 is 6.03 Å². The molecule has 3 unspecified atom stereocenters. The Labute approximate surface area is 157 Å². The van der Waals surface area contributed by atoms with Crippen LogP contribution in [0.1, 0.15) is 12.0 Å². The van der Waals surface area contributed by atoms with E-state index >= 15 is 0 Å². The fourth-order valence-electron chi connectivity index (χ4n) is 4.03. The van der Waals surface area contributed by atoms with Gasteiger partial charge in [-0.2, -0.15) is 11.8 Å². The van der Waals surface area contributed by atoms with Gasteiger partial charge in [0.15, 0.2) is 0 Å². The second kappa shape index (κ2) is 6.93. The SMILES string of the molecule is CN1C(=O)C2C(SCc3cccc4ccccc34)CCNC2N(C)C1=O. The molecule has 4 rings (SSSR count). The van der Waals surface area contributed by atoms with E-state index < -0.39 is 0 Å². The summed E-state index contributed by atoms with van der Waals surface area (Å²) in [7, 11) is 3.35. The number of urea groups is 1. The summed E-state index contributed by atoms with van der Waals surface area (Å²) in [6, 6.07) is 14.6. The largest absolute Gasteiger partial charge is 0.327 e. The Morgan fingerprint density at radius 3 is 2.73 bits per heavy atom. The minimum absolute atomic E-state index is 0.0688. The maximum Gasteiger partial charge on any atom is 0.327 e. The molecule has 3 atom stereocenters. The number of nitrogens with zero attached hydrogens (tertiary/aromatic N) is 2. The molecule has 2 aliphatic rings. The summed E-state index contributed by atoms with van der Waals surface area (Å²) in [5, 5.41) is 6.07. The van der Waals surface area contributed by atoms with Crippen LogP contribution in [0.15, 0.2) is 42.5 Å². The van der Waals surface area contributed by atoms with Gasteiger partial charge in [-0.05, 0) is 29.3 Å². The number of carbonyl (C=O) groups excluding carboxylic acids is 2. The van der Waals surface area contributed by atoms with Gasteiger partial charge in [-0.15, -0.1) is 0 Å². The average molecular weight is 369 g/mol. The monoisotopic (exact) mass is 369 g/mol. The molecule has 2 saturated heterocycles. The van der Waals surface area contributed by atoms with E-state index in [4.69, 9.17) is 0 Å². The molecule has 136 valence electrons. The molecule has 2 aliphatic heterocycles. The third kappa shape index (κ3) is 2.87. The third-order valence-electron chi connectivity index (χ3n) is 5.48. The van der Waals surface area contributed by atoms with Crippen molar-refractivity contribution in [2.45, 2.75) is 23.6 Å². The van der Waals surface area contributed by atoms with Crippen LogP contribution in [0, 0.1) is 5.92 Å². The van der Waals surface area contributed by atoms with Gasteiger partial charge in [0.05, 0.1) is 12.1 Å². The number of hydrogen-bond donors (Lipinski definition) is 1. The maximum atomic E-state index is 12.8. The number of hydrogen-bond acceptors (Lipinski definition) is 4. The lowest BCUT2D eigenvalue weighted by atomic mass is 9.91. The summed E-state index contributed by atoms with van der Waals surface area (Å²) < 4.78 is 0. The van der Waals surface area contributed by atoms with Gasteiger partial charge in [0, 0.05) is 25.1 Å². The van der Waals surface area contributed by atoms with Crippen molar-refractivity contribution in [2.75, 3.05) is 20.6 Å². The van der Waals surface area contributed by atoms with Crippen molar-refractivity contribution >= 4 is 34.5 Å². The van der Waals surface area contributed by atoms with Crippen LogP contribution in [-0.2, 0) is 10.5 Å². The molecule has 6 heteroatoms. The first-order valence-electron chi connectivity index (χ1n) is 8.94. The van der Waals surface area contributed by atoms with Crippen LogP contribution in [0.2, 0.25) is 0 Å². The van der Waals surface area contributed by atoms with E-state index in [1.807, 2.05) is 11.8 Å². The quantitative estimate of drug-likeness (QED) is 0.904. The summed E-state index contributed by atoms with van der Waals surface area (Å²) in [5.41, 5.74) is 1.30. The van der Waals surface area contributed by atoms with Crippen molar-refractivity contribution in [1.29, 1.82) is 0 Å². The maximum absolute atomic E-state index is 12.8. The third-order valence-corrected chi connectivity index (χ3v) is 6.91. The van der Waals surface area contributed by atoms with Gasteiger partial charge in [0.1, 0.15) is 0 Å². The van der Waals surface area contributed by atoms with Crippen molar-refractivity contribution in [3.05, 3.63) is 48.0 Å². The van der Waals surface area contributed by atoms with E-state index in [0.29, 0.717) is 0 Å². The predicted octanol–water partition coefficient (Wildman–Crippen LogP) is 2.90. The molecule has 2 aromatic carbocycles. The second-order valence-electron chi connectivity index (χ2n) is 6.99.